The van der Waals surface area contributed by atoms with Crippen molar-refractivity contribution in [3.8, 4) is 0 Å². The Morgan fingerprint density at radius 2 is 1.82 bits per heavy atom. The lowest BCUT2D eigenvalue weighted by Crippen LogP contribution is -2.36. The molecule has 2 aliphatic heterocycles. The molecule has 1 aromatic heterocycles. The standard InChI is InChI=1S/C24H24Cl2N6O2/c25-17-1-6-20(26)16(13-17)15-32-8-7-27-23-22(32)14-21(29-30-23)24(33)28-18-2-4-19(5-3-18)31-9-11-34-12-10-31/h1-6,13-14H,7-12,15H2,(H,27,30)(H,28,33). The second kappa shape index (κ2) is 10.0. The molecule has 2 N–H and O–H groups in total. The first-order chi connectivity index (χ1) is 16.6. The molecule has 1 amide bonds. The van der Waals surface area contributed by atoms with Crippen LogP contribution in [0.2, 0.25) is 10.0 Å². The van der Waals surface area contributed by atoms with Gasteiger partial charge in [-0.2, -0.15) is 0 Å². The summed E-state index contributed by atoms with van der Waals surface area (Å²) in [6.07, 6.45) is 0. The number of ether oxygens (including phenoxy) is 1. The van der Waals surface area contributed by atoms with E-state index in [1.807, 2.05) is 30.3 Å². The first kappa shape index (κ1) is 22.7. The van der Waals surface area contributed by atoms with Crippen LogP contribution >= 0.6 is 23.2 Å². The van der Waals surface area contributed by atoms with Gasteiger partial charge in [0, 0.05) is 54.1 Å². The molecule has 34 heavy (non-hydrogen) atoms. The van der Waals surface area contributed by atoms with Crippen LogP contribution < -0.4 is 20.4 Å². The van der Waals surface area contributed by atoms with E-state index >= 15 is 0 Å². The highest BCUT2D eigenvalue weighted by atomic mass is 35.5. The average Bonchev–Trinajstić information content (AvgIpc) is 2.87. The Labute approximate surface area is 207 Å². The van der Waals surface area contributed by atoms with Gasteiger partial charge in [-0.05, 0) is 54.1 Å². The van der Waals surface area contributed by atoms with E-state index in [2.05, 4.69) is 30.6 Å². The van der Waals surface area contributed by atoms with Crippen molar-refractivity contribution in [3.63, 3.8) is 0 Å². The average molecular weight is 499 g/mol. The molecule has 0 aliphatic carbocycles. The molecule has 2 aromatic carbocycles. The molecule has 10 heteroatoms. The summed E-state index contributed by atoms with van der Waals surface area (Å²) in [5.74, 6) is 0.316. The third-order valence-electron chi connectivity index (χ3n) is 5.89. The van der Waals surface area contributed by atoms with Crippen molar-refractivity contribution in [1.82, 2.24) is 10.2 Å². The van der Waals surface area contributed by atoms with Gasteiger partial charge in [0.15, 0.2) is 11.5 Å². The predicted octanol–water partition coefficient (Wildman–Crippen LogP) is 4.30. The predicted molar refractivity (Wildman–Crippen MR) is 135 cm³/mol. The Balaban J connectivity index is 1.31. The molecule has 3 heterocycles. The van der Waals surface area contributed by atoms with E-state index in [1.165, 1.54) is 0 Å². The molecule has 5 rings (SSSR count). The van der Waals surface area contributed by atoms with Crippen LogP contribution in [0.25, 0.3) is 0 Å². The Morgan fingerprint density at radius 3 is 2.62 bits per heavy atom. The van der Waals surface area contributed by atoms with E-state index < -0.39 is 0 Å². The maximum absolute atomic E-state index is 12.9. The number of carbonyl (C=O) groups is 1. The van der Waals surface area contributed by atoms with Crippen LogP contribution in [0.15, 0.2) is 48.5 Å². The van der Waals surface area contributed by atoms with E-state index in [9.17, 15) is 4.79 Å². The first-order valence-corrected chi connectivity index (χ1v) is 11.9. The monoisotopic (exact) mass is 498 g/mol. The third-order valence-corrected chi connectivity index (χ3v) is 6.50. The summed E-state index contributed by atoms with van der Waals surface area (Å²) in [6.45, 7) is 5.16. The van der Waals surface area contributed by atoms with Crippen LogP contribution in [0, 0.1) is 0 Å². The van der Waals surface area contributed by atoms with E-state index in [0.717, 1.165) is 49.8 Å². The molecule has 0 saturated carbocycles. The van der Waals surface area contributed by atoms with Crippen LogP contribution in [0.1, 0.15) is 16.1 Å². The number of nitrogens with one attached hydrogen (secondary N) is 2. The number of anilines is 4. The number of rotatable bonds is 5. The van der Waals surface area contributed by atoms with Gasteiger partial charge in [0.25, 0.3) is 5.91 Å². The van der Waals surface area contributed by atoms with Crippen LogP contribution in [0.5, 0.6) is 0 Å². The minimum atomic E-state index is -0.319. The summed E-state index contributed by atoms with van der Waals surface area (Å²) < 4.78 is 5.41. The van der Waals surface area contributed by atoms with Crippen molar-refractivity contribution in [1.29, 1.82) is 0 Å². The SMILES string of the molecule is O=C(Nc1ccc(N2CCOCC2)cc1)c1cc2c(nn1)NCCN2Cc1cc(Cl)ccc1Cl. The molecular formula is C24H24Cl2N6O2. The minimum absolute atomic E-state index is 0.238. The summed E-state index contributed by atoms with van der Waals surface area (Å²) in [7, 11) is 0. The van der Waals surface area contributed by atoms with E-state index in [0.29, 0.717) is 34.6 Å². The smallest absolute Gasteiger partial charge is 0.276 e. The van der Waals surface area contributed by atoms with E-state index in [4.69, 9.17) is 27.9 Å². The van der Waals surface area contributed by atoms with Crippen molar-refractivity contribution >= 4 is 52.0 Å². The molecular weight excluding hydrogens is 475 g/mol. The van der Waals surface area contributed by atoms with Crippen molar-refractivity contribution in [2.75, 3.05) is 59.8 Å². The Kier molecular flexibility index (Phi) is 6.71. The third kappa shape index (κ3) is 5.04. The number of fused-ring (bicyclic) bond motifs is 1. The van der Waals surface area contributed by atoms with E-state index in [1.54, 1.807) is 18.2 Å². The van der Waals surface area contributed by atoms with Crippen molar-refractivity contribution in [2.45, 2.75) is 6.54 Å². The van der Waals surface area contributed by atoms with Gasteiger partial charge in [0.1, 0.15) is 0 Å². The highest BCUT2D eigenvalue weighted by Crippen LogP contribution is 2.31. The normalized spacial score (nSPS) is 15.5. The number of carbonyl (C=O) groups excluding carboxylic acids is 1. The number of nitrogens with zero attached hydrogens (tertiary/aromatic N) is 4. The molecule has 8 nitrogen and oxygen atoms in total. The summed E-state index contributed by atoms with van der Waals surface area (Å²) in [4.78, 5) is 17.3. The minimum Gasteiger partial charge on any atom is -0.378 e. The lowest BCUT2D eigenvalue weighted by atomic mass is 10.1. The molecule has 0 atom stereocenters. The summed E-state index contributed by atoms with van der Waals surface area (Å²) in [5, 5.41) is 15.8. The van der Waals surface area contributed by atoms with Gasteiger partial charge in [-0.1, -0.05) is 23.2 Å². The topological polar surface area (TPSA) is 82.6 Å². The van der Waals surface area contributed by atoms with Crippen molar-refractivity contribution in [2.24, 2.45) is 0 Å². The highest BCUT2D eigenvalue weighted by molar-refractivity contribution is 6.33. The summed E-state index contributed by atoms with van der Waals surface area (Å²) in [6, 6.07) is 14.9. The highest BCUT2D eigenvalue weighted by Gasteiger charge is 2.22. The van der Waals surface area contributed by atoms with Gasteiger partial charge < -0.3 is 25.2 Å². The number of hydrogen-bond acceptors (Lipinski definition) is 7. The van der Waals surface area contributed by atoms with Crippen LogP contribution in [0.3, 0.4) is 0 Å². The fraction of sp³-hybridized carbons (Fsp3) is 0.292. The number of amides is 1. The van der Waals surface area contributed by atoms with Gasteiger partial charge in [0.2, 0.25) is 0 Å². The largest absolute Gasteiger partial charge is 0.378 e. The molecule has 0 bridgehead atoms. The van der Waals surface area contributed by atoms with Crippen LogP contribution in [-0.4, -0.2) is 55.5 Å². The number of benzene rings is 2. The molecule has 0 spiro atoms. The maximum Gasteiger partial charge on any atom is 0.276 e. The van der Waals surface area contributed by atoms with Gasteiger partial charge >= 0.3 is 0 Å². The van der Waals surface area contributed by atoms with Gasteiger partial charge in [-0.3, -0.25) is 4.79 Å². The Hall–Kier alpha value is -3.07. The quantitative estimate of drug-likeness (QED) is 0.542. The molecule has 0 radical (unpaired) electrons. The molecule has 0 unspecified atom stereocenters. The lowest BCUT2D eigenvalue weighted by molar-refractivity contribution is 0.102. The zero-order valence-electron chi connectivity index (χ0n) is 18.4. The fourth-order valence-corrected chi connectivity index (χ4v) is 4.47. The van der Waals surface area contributed by atoms with Gasteiger partial charge in [-0.25, -0.2) is 0 Å². The summed E-state index contributed by atoms with van der Waals surface area (Å²) >= 11 is 12.5. The molecule has 3 aromatic rings. The second-order valence-corrected chi connectivity index (χ2v) is 8.99. The number of aromatic nitrogens is 2. The Bertz CT molecular complexity index is 1180. The number of morpholine rings is 1. The Morgan fingerprint density at radius 1 is 1.03 bits per heavy atom. The number of hydrogen-bond donors (Lipinski definition) is 2. The second-order valence-electron chi connectivity index (χ2n) is 8.15. The van der Waals surface area contributed by atoms with Gasteiger partial charge in [-0.15, -0.1) is 10.2 Å². The summed E-state index contributed by atoms with van der Waals surface area (Å²) in [5.41, 5.74) is 3.75. The zero-order valence-corrected chi connectivity index (χ0v) is 19.9. The molecule has 176 valence electrons. The van der Waals surface area contributed by atoms with E-state index in [-0.39, 0.29) is 11.6 Å². The number of halogens is 2. The zero-order chi connectivity index (χ0) is 23.5. The first-order valence-electron chi connectivity index (χ1n) is 11.1. The van der Waals surface area contributed by atoms with Gasteiger partial charge in [0.05, 0.1) is 18.9 Å². The maximum atomic E-state index is 12.9. The van der Waals surface area contributed by atoms with Crippen molar-refractivity contribution < 1.29 is 9.53 Å². The molecule has 1 saturated heterocycles. The van der Waals surface area contributed by atoms with Crippen LogP contribution in [-0.2, 0) is 11.3 Å². The lowest BCUT2D eigenvalue weighted by Gasteiger charge is -2.31. The van der Waals surface area contributed by atoms with Crippen molar-refractivity contribution in [3.05, 3.63) is 69.8 Å². The fourth-order valence-electron chi connectivity index (χ4n) is 4.10. The van der Waals surface area contributed by atoms with Crippen LogP contribution in [0.4, 0.5) is 22.9 Å². The molecule has 2 aliphatic rings. The molecule has 1 fully saturated rings.